The summed E-state index contributed by atoms with van der Waals surface area (Å²) in [5.74, 6) is -0.202. The molecule has 1 amide bonds. The van der Waals surface area contributed by atoms with Crippen molar-refractivity contribution < 1.29 is 13.2 Å². The van der Waals surface area contributed by atoms with Crippen LogP contribution < -0.4 is 10.2 Å². The van der Waals surface area contributed by atoms with Gasteiger partial charge in [-0.3, -0.25) is 4.79 Å². The largest absolute Gasteiger partial charge is 0.378 e. The third-order valence-electron chi connectivity index (χ3n) is 3.23. The lowest BCUT2D eigenvalue weighted by Gasteiger charge is -2.23. The van der Waals surface area contributed by atoms with Crippen LogP contribution in [0.3, 0.4) is 0 Å². The van der Waals surface area contributed by atoms with Gasteiger partial charge in [0.25, 0.3) is 0 Å². The first-order valence-corrected chi connectivity index (χ1v) is 9.00. The summed E-state index contributed by atoms with van der Waals surface area (Å²) < 4.78 is 24.6. The summed E-state index contributed by atoms with van der Waals surface area (Å²) in [7, 11) is 0.587. The summed E-state index contributed by atoms with van der Waals surface area (Å²) in [6, 6.07) is 7.30. The van der Waals surface area contributed by atoms with Crippen molar-refractivity contribution in [1.29, 1.82) is 0 Å². The number of rotatable bonds is 7. The molecule has 0 fully saturated rings. The molecule has 22 heavy (non-hydrogen) atoms. The van der Waals surface area contributed by atoms with Crippen LogP contribution in [0.1, 0.15) is 20.3 Å². The molecule has 0 aliphatic carbocycles. The molecule has 0 aromatic heterocycles. The van der Waals surface area contributed by atoms with E-state index in [0.717, 1.165) is 11.9 Å². The zero-order valence-corrected chi connectivity index (χ0v) is 14.6. The minimum absolute atomic E-state index is 0.126. The number of sulfonamides is 1. The molecule has 0 aliphatic rings. The van der Waals surface area contributed by atoms with E-state index in [2.05, 4.69) is 5.32 Å². The highest BCUT2D eigenvalue weighted by Crippen LogP contribution is 2.16. The highest BCUT2D eigenvalue weighted by molar-refractivity contribution is 7.88. The first kappa shape index (κ1) is 18.4. The van der Waals surface area contributed by atoms with E-state index < -0.39 is 10.0 Å². The molecule has 1 N–H and O–H groups in total. The summed E-state index contributed by atoms with van der Waals surface area (Å²) in [5, 5.41) is 2.77. The number of hydrogen-bond donors (Lipinski definition) is 1. The Labute approximate surface area is 133 Å². The van der Waals surface area contributed by atoms with Crippen molar-refractivity contribution in [3.8, 4) is 0 Å². The van der Waals surface area contributed by atoms with Gasteiger partial charge in [-0.15, -0.1) is 0 Å². The van der Waals surface area contributed by atoms with Gasteiger partial charge in [-0.25, -0.2) is 8.42 Å². The Balaban J connectivity index is 2.59. The zero-order chi connectivity index (χ0) is 16.9. The monoisotopic (exact) mass is 327 g/mol. The van der Waals surface area contributed by atoms with E-state index in [9.17, 15) is 13.2 Å². The maximum atomic E-state index is 11.9. The molecule has 0 heterocycles. The van der Waals surface area contributed by atoms with Crippen molar-refractivity contribution in [3.05, 3.63) is 24.3 Å². The average Bonchev–Trinajstić information content (AvgIpc) is 2.37. The molecule has 1 aromatic carbocycles. The minimum atomic E-state index is -3.30. The van der Waals surface area contributed by atoms with Gasteiger partial charge in [-0.1, -0.05) is 0 Å². The Morgan fingerprint density at radius 1 is 1.18 bits per heavy atom. The number of amides is 1. The summed E-state index contributed by atoms with van der Waals surface area (Å²) in [4.78, 5) is 13.9. The van der Waals surface area contributed by atoms with Gasteiger partial charge in [0, 0.05) is 44.5 Å². The fourth-order valence-corrected chi connectivity index (χ4v) is 3.27. The Hall–Kier alpha value is -1.60. The molecule has 7 heteroatoms. The molecule has 0 spiro atoms. The SMILES string of the molecule is CC(C)N(CCC(=O)Nc1ccc(N(C)C)cc1)S(C)(=O)=O. The molecule has 6 nitrogen and oxygen atoms in total. The number of benzene rings is 1. The van der Waals surface area contributed by atoms with Gasteiger partial charge in [0.2, 0.25) is 15.9 Å². The molecule has 1 rings (SSSR count). The first-order valence-electron chi connectivity index (χ1n) is 7.15. The van der Waals surface area contributed by atoms with Crippen LogP contribution in [0.4, 0.5) is 11.4 Å². The van der Waals surface area contributed by atoms with E-state index in [1.807, 2.05) is 43.3 Å². The van der Waals surface area contributed by atoms with Crippen molar-refractivity contribution in [1.82, 2.24) is 4.31 Å². The molecule has 0 atom stereocenters. The van der Waals surface area contributed by atoms with Gasteiger partial charge in [-0.2, -0.15) is 4.31 Å². The summed E-state index contributed by atoms with van der Waals surface area (Å²) >= 11 is 0. The topological polar surface area (TPSA) is 69.7 Å². The van der Waals surface area contributed by atoms with Crippen molar-refractivity contribution in [2.45, 2.75) is 26.3 Å². The maximum Gasteiger partial charge on any atom is 0.225 e. The lowest BCUT2D eigenvalue weighted by molar-refractivity contribution is -0.116. The van der Waals surface area contributed by atoms with Gasteiger partial charge in [0.15, 0.2) is 0 Å². The van der Waals surface area contributed by atoms with Crippen LogP contribution in [0, 0.1) is 0 Å². The standard InChI is InChI=1S/C15H25N3O3S/c1-12(2)18(22(5,20)21)11-10-15(19)16-13-6-8-14(9-7-13)17(3)4/h6-9,12H,10-11H2,1-5H3,(H,16,19). The quantitative estimate of drug-likeness (QED) is 0.828. The minimum Gasteiger partial charge on any atom is -0.378 e. The fraction of sp³-hybridized carbons (Fsp3) is 0.533. The van der Waals surface area contributed by atoms with Crippen molar-refractivity contribution in [2.75, 3.05) is 37.1 Å². The average molecular weight is 327 g/mol. The third kappa shape index (κ3) is 5.65. The first-order chi connectivity index (χ1) is 10.1. The van der Waals surface area contributed by atoms with Crippen LogP contribution >= 0.6 is 0 Å². The predicted octanol–water partition coefficient (Wildman–Crippen LogP) is 1.75. The Morgan fingerprint density at radius 3 is 2.14 bits per heavy atom. The number of carbonyl (C=O) groups is 1. The van der Waals surface area contributed by atoms with Crippen LogP contribution in [0.2, 0.25) is 0 Å². The number of nitrogens with zero attached hydrogens (tertiary/aromatic N) is 2. The van der Waals surface area contributed by atoms with E-state index in [4.69, 9.17) is 0 Å². The molecule has 0 radical (unpaired) electrons. The van der Waals surface area contributed by atoms with Crippen LogP contribution in [0.25, 0.3) is 0 Å². The maximum absolute atomic E-state index is 11.9. The molecule has 0 unspecified atom stereocenters. The third-order valence-corrected chi connectivity index (χ3v) is 4.68. The van der Waals surface area contributed by atoms with Crippen molar-refractivity contribution >= 4 is 27.3 Å². The molecular formula is C15H25N3O3S. The lowest BCUT2D eigenvalue weighted by Crippen LogP contribution is -2.38. The second-order valence-corrected chi connectivity index (χ2v) is 7.64. The van der Waals surface area contributed by atoms with E-state index in [1.54, 1.807) is 13.8 Å². The fourth-order valence-electron chi connectivity index (χ4n) is 2.09. The molecule has 124 valence electrons. The number of hydrogen-bond acceptors (Lipinski definition) is 4. The van der Waals surface area contributed by atoms with Crippen LogP contribution in [-0.2, 0) is 14.8 Å². The van der Waals surface area contributed by atoms with Gasteiger partial charge >= 0.3 is 0 Å². The van der Waals surface area contributed by atoms with Crippen LogP contribution in [0.15, 0.2) is 24.3 Å². The second-order valence-electron chi connectivity index (χ2n) is 5.71. The number of nitrogens with one attached hydrogen (secondary N) is 1. The smallest absolute Gasteiger partial charge is 0.225 e. The summed E-state index contributed by atoms with van der Waals surface area (Å²) in [6.07, 6.45) is 1.28. The second kappa shape index (κ2) is 7.60. The van der Waals surface area contributed by atoms with Crippen molar-refractivity contribution in [2.24, 2.45) is 0 Å². The molecule has 0 aliphatic heterocycles. The predicted molar refractivity (Wildman–Crippen MR) is 90.7 cm³/mol. The Morgan fingerprint density at radius 2 is 1.73 bits per heavy atom. The lowest BCUT2D eigenvalue weighted by atomic mass is 10.2. The number of anilines is 2. The van der Waals surface area contributed by atoms with Crippen LogP contribution in [-0.4, -0.2) is 51.6 Å². The molecular weight excluding hydrogens is 302 g/mol. The van der Waals surface area contributed by atoms with E-state index in [1.165, 1.54) is 4.31 Å². The van der Waals surface area contributed by atoms with E-state index >= 15 is 0 Å². The summed E-state index contributed by atoms with van der Waals surface area (Å²) in [6.45, 7) is 3.76. The normalized spacial score (nSPS) is 11.8. The van der Waals surface area contributed by atoms with E-state index in [-0.39, 0.29) is 24.9 Å². The van der Waals surface area contributed by atoms with Gasteiger partial charge in [0.1, 0.15) is 0 Å². The highest BCUT2D eigenvalue weighted by atomic mass is 32.2. The van der Waals surface area contributed by atoms with Gasteiger partial charge in [-0.05, 0) is 38.1 Å². The zero-order valence-electron chi connectivity index (χ0n) is 13.8. The Bertz CT molecular complexity index is 595. The van der Waals surface area contributed by atoms with Crippen LogP contribution in [0.5, 0.6) is 0 Å². The molecule has 0 bridgehead atoms. The molecule has 0 saturated heterocycles. The van der Waals surface area contributed by atoms with Gasteiger partial charge < -0.3 is 10.2 Å². The highest BCUT2D eigenvalue weighted by Gasteiger charge is 2.20. The molecule has 0 saturated carbocycles. The Kier molecular flexibility index (Phi) is 6.37. The van der Waals surface area contributed by atoms with E-state index in [0.29, 0.717) is 5.69 Å². The van der Waals surface area contributed by atoms with Crippen molar-refractivity contribution in [3.63, 3.8) is 0 Å². The van der Waals surface area contributed by atoms with Gasteiger partial charge in [0.05, 0.1) is 6.26 Å². The molecule has 1 aromatic rings. The summed E-state index contributed by atoms with van der Waals surface area (Å²) in [5.41, 5.74) is 1.74. The number of carbonyl (C=O) groups excluding carboxylic acids is 1.